The van der Waals surface area contributed by atoms with Crippen molar-refractivity contribution in [1.82, 2.24) is 15.0 Å². The van der Waals surface area contributed by atoms with Crippen molar-refractivity contribution in [3.05, 3.63) is 35.2 Å². The van der Waals surface area contributed by atoms with Crippen LogP contribution in [-0.4, -0.2) is 34.2 Å². The average Bonchev–Trinajstić information content (AvgIpc) is 2.61. The Kier molecular flexibility index (Phi) is 7.78. The summed E-state index contributed by atoms with van der Waals surface area (Å²) >= 11 is 0. The van der Waals surface area contributed by atoms with Crippen molar-refractivity contribution in [1.29, 1.82) is 0 Å². The van der Waals surface area contributed by atoms with Crippen LogP contribution in [0.5, 0.6) is 0 Å². The minimum absolute atomic E-state index is 0.261. The standard InChI is InChI=1S/C20H31N5O/c1-6-16-10-8-11-17(7-2)18(16)24-20-23-15(5)22-19(25-20)21-12-9-13-26-14(3)4/h8,10-11,14H,6-7,9,12-13H2,1-5H3,(H2,21,22,23,24,25). The van der Waals surface area contributed by atoms with Crippen LogP contribution in [0.4, 0.5) is 17.6 Å². The summed E-state index contributed by atoms with van der Waals surface area (Å²) in [6.45, 7) is 11.8. The Bertz CT molecular complexity index is 680. The summed E-state index contributed by atoms with van der Waals surface area (Å²) in [5.41, 5.74) is 3.64. The minimum Gasteiger partial charge on any atom is -0.379 e. The molecule has 2 N–H and O–H groups in total. The monoisotopic (exact) mass is 357 g/mol. The molecule has 26 heavy (non-hydrogen) atoms. The first-order chi connectivity index (χ1) is 12.5. The van der Waals surface area contributed by atoms with Gasteiger partial charge >= 0.3 is 0 Å². The molecule has 0 aliphatic rings. The third-order valence-corrected chi connectivity index (χ3v) is 4.04. The number of para-hydroxylation sites is 1. The maximum absolute atomic E-state index is 5.55. The van der Waals surface area contributed by atoms with Gasteiger partial charge in [0.05, 0.1) is 6.10 Å². The van der Waals surface area contributed by atoms with Crippen LogP contribution in [0, 0.1) is 6.92 Å². The van der Waals surface area contributed by atoms with E-state index < -0.39 is 0 Å². The summed E-state index contributed by atoms with van der Waals surface area (Å²) in [6, 6.07) is 6.39. The number of nitrogens with zero attached hydrogens (tertiary/aromatic N) is 3. The third-order valence-electron chi connectivity index (χ3n) is 4.04. The number of hydrogen-bond donors (Lipinski definition) is 2. The van der Waals surface area contributed by atoms with E-state index >= 15 is 0 Å². The molecule has 0 saturated heterocycles. The first-order valence-electron chi connectivity index (χ1n) is 9.49. The Morgan fingerprint density at radius 1 is 1.00 bits per heavy atom. The number of benzene rings is 1. The second-order valence-electron chi connectivity index (χ2n) is 6.51. The van der Waals surface area contributed by atoms with Crippen LogP contribution < -0.4 is 10.6 Å². The van der Waals surface area contributed by atoms with Crippen LogP contribution in [0.2, 0.25) is 0 Å². The highest BCUT2D eigenvalue weighted by atomic mass is 16.5. The molecule has 0 atom stereocenters. The van der Waals surface area contributed by atoms with E-state index in [-0.39, 0.29) is 6.10 Å². The molecule has 1 aromatic carbocycles. The summed E-state index contributed by atoms with van der Waals surface area (Å²) in [7, 11) is 0. The lowest BCUT2D eigenvalue weighted by atomic mass is 10.0. The van der Waals surface area contributed by atoms with Gasteiger partial charge in [-0.2, -0.15) is 15.0 Å². The fraction of sp³-hybridized carbons (Fsp3) is 0.550. The summed E-state index contributed by atoms with van der Waals surface area (Å²) in [5, 5.41) is 6.67. The normalized spacial score (nSPS) is 11.0. The van der Waals surface area contributed by atoms with Crippen molar-refractivity contribution in [2.45, 2.75) is 60.0 Å². The van der Waals surface area contributed by atoms with Crippen molar-refractivity contribution < 1.29 is 4.74 Å². The van der Waals surface area contributed by atoms with Gasteiger partial charge in [-0.05, 0) is 51.2 Å². The van der Waals surface area contributed by atoms with Gasteiger partial charge < -0.3 is 15.4 Å². The molecule has 0 aliphatic heterocycles. The SMILES string of the molecule is CCc1cccc(CC)c1Nc1nc(C)nc(NCCCOC(C)C)n1. The van der Waals surface area contributed by atoms with Crippen LogP contribution in [0.15, 0.2) is 18.2 Å². The Morgan fingerprint density at radius 2 is 1.65 bits per heavy atom. The molecule has 1 aromatic heterocycles. The fourth-order valence-corrected chi connectivity index (χ4v) is 2.72. The van der Waals surface area contributed by atoms with Crippen molar-refractivity contribution in [3.8, 4) is 0 Å². The molecule has 0 saturated carbocycles. The van der Waals surface area contributed by atoms with Crippen LogP contribution in [0.1, 0.15) is 51.1 Å². The van der Waals surface area contributed by atoms with E-state index in [9.17, 15) is 0 Å². The zero-order valence-corrected chi connectivity index (χ0v) is 16.6. The highest BCUT2D eigenvalue weighted by Crippen LogP contribution is 2.25. The molecular weight excluding hydrogens is 326 g/mol. The molecule has 1 heterocycles. The molecule has 0 amide bonds. The van der Waals surface area contributed by atoms with Crippen LogP contribution in [0.25, 0.3) is 0 Å². The highest BCUT2D eigenvalue weighted by molar-refractivity contribution is 5.64. The first kappa shape index (κ1) is 20.1. The molecule has 6 nitrogen and oxygen atoms in total. The smallest absolute Gasteiger partial charge is 0.232 e. The highest BCUT2D eigenvalue weighted by Gasteiger charge is 2.10. The topological polar surface area (TPSA) is 72.0 Å². The summed E-state index contributed by atoms with van der Waals surface area (Å²) in [6.07, 6.45) is 3.09. The third kappa shape index (κ3) is 5.95. The Labute approximate surface area is 156 Å². The number of aromatic nitrogens is 3. The molecule has 0 radical (unpaired) electrons. The number of anilines is 3. The van der Waals surface area contributed by atoms with Crippen LogP contribution in [-0.2, 0) is 17.6 Å². The van der Waals surface area contributed by atoms with E-state index in [1.54, 1.807) is 0 Å². The second kappa shape index (κ2) is 10.1. The zero-order chi connectivity index (χ0) is 18.9. The maximum Gasteiger partial charge on any atom is 0.232 e. The van der Waals surface area contributed by atoms with Gasteiger partial charge in [-0.1, -0.05) is 32.0 Å². The molecular formula is C20H31N5O. The van der Waals surface area contributed by atoms with Crippen molar-refractivity contribution in [3.63, 3.8) is 0 Å². The summed E-state index contributed by atoms with van der Waals surface area (Å²) in [5.74, 6) is 1.86. The van der Waals surface area contributed by atoms with E-state index in [0.29, 0.717) is 17.7 Å². The van der Waals surface area contributed by atoms with Gasteiger partial charge in [0.2, 0.25) is 11.9 Å². The van der Waals surface area contributed by atoms with Gasteiger partial charge in [0.25, 0.3) is 0 Å². The van der Waals surface area contributed by atoms with Crippen molar-refractivity contribution >= 4 is 17.6 Å². The molecule has 0 unspecified atom stereocenters. The molecule has 2 aromatic rings. The van der Waals surface area contributed by atoms with Crippen molar-refractivity contribution in [2.75, 3.05) is 23.8 Å². The average molecular weight is 358 g/mol. The van der Waals surface area contributed by atoms with Gasteiger partial charge in [0, 0.05) is 18.8 Å². The van der Waals surface area contributed by atoms with E-state index in [2.05, 4.69) is 57.6 Å². The van der Waals surface area contributed by atoms with Gasteiger partial charge in [-0.25, -0.2) is 0 Å². The van der Waals surface area contributed by atoms with Crippen LogP contribution in [0.3, 0.4) is 0 Å². The van der Waals surface area contributed by atoms with Gasteiger partial charge in [0.15, 0.2) is 0 Å². The summed E-state index contributed by atoms with van der Waals surface area (Å²) < 4.78 is 5.55. The van der Waals surface area contributed by atoms with E-state index in [0.717, 1.165) is 38.1 Å². The molecule has 0 fully saturated rings. The fourth-order valence-electron chi connectivity index (χ4n) is 2.72. The lowest BCUT2D eigenvalue weighted by Gasteiger charge is -2.15. The molecule has 6 heteroatoms. The predicted octanol–water partition coefficient (Wildman–Crippen LogP) is 4.28. The number of aryl methyl sites for hydroxylation is 3. The Hall–Kier alpha value is -2.21. The van der Waals surface area contributed by atoms with Gasteiger partial charge in [-0.3, -0.25) is 0 Å². The summed E-state index contributed by atoms with van der Waals surface area (Å²) in [4.78, 5) is 13.4. The van der Waals surface area contributed by atoms with Gasteiger partial charge in [0.1, 0.15) is 5.82 Å². The molecule has 0 spiro atoms. The van der Waals surface area contributed by atoms with E-state index in [1.165, 1.54) is 11.1 Å². The Morgan fingerprint density at radius 3 is 2.27 bits per heavy atom. The van der Waals surface area contributed by atoms with Crippen molar-refractivity contribution in [2.24, 2.45) is 0 Å². The number of nitrogens with one attached hydrogen (secondary N) is 2. The minimum atomic E-state index is 0.261. The number of rotatable bonds is 10. The first-order valence-corrected chi connectivity index (χ1v) is 9.49. The largest absolute Gasteiger partial charge is 0.379 e. The number of ether oxygens (including phenoxy) is 1. The molecule has 2 rings (SSSR count). The van der Waals surface area contributed by atoms with E-state index in [4.69, 9.17) is 4.74 Å². The lowest BCUT2D eigenvalue weighted by molar-refractivity contribution is 0.0787. The molecule has 142 valence electrons. The second-order valence-corrected chi connectivity index (χ2v) is 6.51. The Balaban J connectivity index is 2.08. The van der Waals surface area contributed by atoms with Gasteiger partial charge in [-0.15, -0.1) is 0 Å². The zero-order valence-electron chi connectivity index (χ0n) is 16.6. The maximum atomic E-state index is 5.55. The quantitative estimate of drug-likeness (QED) is 0.619. The number of hydrogen-bond acceptors (Lipinski definition) is 6. The molecule has 0 aliphatic carbocycles. The van der Waals surface area contributed by atoms with Crippen LogP contribution >= 0.6 is 0 Å². The molecule has 0 bridgehead atoms. The van der Waals surface area contributed by atoms with E-state index in [1.807, 2.05) is 20.8 Å². The predicted molar refractivity (Wildman–Crippen MR) is 107 cm³/mol. The lowest BCUT2D eigenvalue weighted by Crippen LogP contribution is -2.13.